The van der Waals surface area contributed by atoms with Crippen molar-refractivity contribution < 1.29 is 4.79 Å². The van der Waals surface area contributed by atoms with Gasteiger partial charge in [-0.05, 0) is 38.3 Å². The van der Waals surface area contributed by atoms with Crippen molar-refractivity contribution in [2.75, 3.05) is 26.7 Å². The lowest BCUT2D eigenvalue weighted by Crippen LogP contribution is -2.39. The van der Waals surface area contributed by atoms with Gasteiger partial charge in [-0.1, -0.05) is 20.3 Å². The third kappa shape index (κ3) is 4.12. The molecule has 3 heteroatoms. The molecule has 0 aliphatic carbocycles. The largest absolute Gasteiger partial charge is 0.345 e. The molecule has 0 spiro atoms. The Kier molecular flexibility index (Phi) is 5.81. The van der Waals surface area contributed by atoms with E-state index in [1.807, 2.05) is 18.9 Å². The topological polar surface area (TPSA) is 32.3 Å². The third-order valence-electron chi connectivity index (χ3n) is 3.51. The molecular weight excluding hydrogens is 200 g/mol. The van der Waals surface area contributed by atoms with E-state index in [1.165, 1.54) is 12.8 Å². The van der Waals surface area contributed by atoms with E-state index in [0.717, 1.165) is 32.5 Å². The molecule has 0 aromatic rings. The first kappa shape index (κ1) is 13.5. The highest BCUT2D eigenvalue weighted by Crippen LogP contribution is 2.15. The minimum absolute atomic E-state index is 0.191. The minimum Gasteiger partial charge on any atom is -0.345 e. The normalized spacial score (nSPS) is 19.4. The molecule has 0 bridgehead atoms. The van der Waals surface area contributed by atoms with Gasteiger partial charge in [-0.25, -0.2) is 0 Å². The molecule has 0 aromatic carbocycles. The van der Waals surface area contributed by atoms with E-state index in [9.17, 15) is 4.79 Å². The Balaban J connectivity index is 2.32. The highest BCUT2D eigenvalue weighted by Gasteiger charge is 2.21. The number of nitrogens with zero attached hydrogens (tertiary/aromatic N) is 1. The third-order valence-corrected chi connectivity index (χ3v) is 3.51. The lowest BCUT2D eigenvalue weighted by Gasteiger charge is -2.29. The van der Waals surface area contributed by atoms with Gasteiger partial charge >= 0.3 is 0 Å². The summed E-state index contributed by atoms with van der Waals surface area (Å²) in [5.74, 6) is 1.21. The van der Waals surface area contributed by atoms with Crippen LogP contribution in [0.15, 0.2) is 0 Å². The van der Waals surface area contributed by atoms with Gasteiger partial charge in [0.05, 0.1) is 0 Å². The summed E-state index contributed by atoms with van der Waals surface area (Å²) >= 11 is 0. The number of amides is 1. The first-order valence-electron chi connectivity index (χ1n) is 6.60. The smallest absolute Gasteiger partial charge is 0.225 e. The van der Waals surface area contributed by atoms with Crippen LogP contribution in [0.1, 0.15) is 39.5 Å². The van der Waals surface area contributed by atoms with Crippen LogP contribution < -0.4 is 5.32 Å². The molecule has 0 radical (unpaired) electrons. The van der Waals surface area contributed by atoms with Gasteiger partial charge in [-0.15, -0.1) is 0 Å². The number of nitrogens with one attached hydrogen (secondary N) is 1. The maximum atomic E-state index is 12.0. The van der Waals surface area contributed by atoms with Gasteiger partial charge in [0.1, 0.15) is 0 Å². The maximum absolute atomic E-state index is 12.0. The molecule has 1 heterocycles. The Bertz CT molecular complexity index is 212. The number of piperidine rings is 1. The molecule has 1 unspecified atom stereocenters. The summed E-state index contributed by atoms with van der Waals surface area (Å²) in [7, 11) is 1.95. The van der Waals surface area contributed by atoms with Crippen LogP contribution in [0.4, 0.5) is 0 Å². The molecule has 3 nitrogen and oxygen atoms in total. The quantitative estimate of drug-likeness (QED) is 0.776. The first-order chi connectivity index (χ1) is 7.65. The molecule has 0 saturated carbocycles. The number of carbonyl (C=O) groups is 1. The van der Waals surface area contributed by atoms with Crippen molar-refractivity contribution in [1.29, 1.82) is 0 Å². The van der Waals surface area contributed by atoms with Crippen LogP contribution in [0, 0.1) is 11.8 Å². The molecule has 1 aliphatic rings. The van der Waals surface area contributed by atoms with Crippen LogP contribution in [0.5, 0.6) is 0 Å². The fourth-order valence-corrected chi connectivity index (χ4v) is 2.47. The molecule has 1 rings (SSSR count). The van der Waals surface area contributed by atoms with Gasteiger partial charge < -0.3 is 10.2 Å². The Morgan fingerprint density at radius 3 is 2.62 bits per heavy atom. The monoisotopic (exact) mass is 226 g/mol. The summed E-state index contributed by atoms with van der Waals surface area (Å²) in [6.07, 6.45) is 4.52. The predicted octanol–water partition coefficient (Wildman–Crippen LogP) is 1.88. The van der Waals surface area contributed by atoms with Crippen LogP contribution in [0.3, 0.4) is 0 Å². The maximum Gasteiger partial charge on any atom is 0.225 e. The van der Waals surface area contributed by atoms with E-state index < -0.39 is 0 Å². The Labute approximate surface area is 99.6 Å². The SMILES string of the molecule is CCCC(C)C(=O)N(C)CC1CCNCC1. The fourth-order valence-electron chi connectivity index (χ4n) is 2.47. The van der Waals surface area contributed by atoms with Gasteiger partial charge in [0.25, 0.3) is 0 Å². The summed E-state index contributed by atoms with van der Waals surface area (Å²) in [6, 6.07) is 0. The first-order valence-corrected chi connectivity index (χ1v) is 6.60. The van der Waals surface area contributed by atoms with E-state index in [4.69, 9.17) is 0 Å². The molecule has 1 fully saturated rings. The van der Waals surface area contributed by atoms with Crippen molar-refractivity contribution >= 4 is 5.91 Å². The van der Waals surface area contributed by atoms with Gasteiger partial charge in [0.2, 0.25) is 5.91 Å². The van der Waals surface area contributed by atoms with Crippen molar-refractivity contribution in [2.45, 2.75) is 39.5 Å². The molecule has 1 atom stereocenters. The Hall–Kier alpha value is -0.570. The standard InChI is InChI=1S/C13H26N2O/c1-4-5-11(2)13(16)15(3)10-12-6-8-14-9-7-12/h11-12,14H,4-10H2,1-3H3. The minimum atomic E-state index is 0.191. The lowest BCUT2D eigenvalue weighted by molar-refractivity contribution is -0.134. The second kappa shape index (κ2) is 6.89. The lowest BCUT2D eigenvalue weighted by atomic mass is 9.97. The van der Waals surface area contributed by atoms with Crippen molar-refractivity contribution in [3.63, 3.8) is 0 Å². The molecule has 1 aliphatic heterocycles. The van der Waals surface area contributed by atoms with Crippen molar-refractivity contribution in [3.05, 3.63) is 0 Å². The summed E-state index contributed by atoms with van der Waals surface area (Å²) in [4.78, 5) is 14.0. The molecule has 1 N–H and O–H groups in total. The Morgan fingerprint density at radius 2 is 2.06 bits per heavy atom. The highest BCUT2D eigenvalue weighted by atomic mass is 16.2. The number of rotatable bonds is 5. The van der Waals surface area contributed by atoms with Crippen LogP contribution in [-0.2, 0) is 4.79 Å². The average Bonchev–Trinajstić information content (AvgIpc) is 2.29. The van der Waals surface area contributed by atoms with E-state index >= 15 is 0 Å². The summed E-state index contributed by atoms with van der Waals surface area (Å²) < 4.78 is 0. The van der Waals surface area contributed by atoms with Gasteiger partial charge in [0, 0.05) is 19.5 Å². The molecule has 1 saturated heterocycles. The van der Waals surface area contributed by atoms with Crippen LogP contribution in [0.25, 0.3) is 0 Å². The molecular formula is C13H26N2O. The highest BCUT2D eigenvalue weighted by molar-refractivity contribution is 5.78. The van der Waals surface area contributed by atoms with Crippen LogP contribution in [0.2, 0.25) is 0 Å². The average molecular weight is 226 g/mol. The second-order valence-corrected chi connectivity index (χ2v) is 5.10. The van der Waals surface area contributed by atoms with Crippen LogP contribution >= 0.6 is 0 Å². The fraction of sp³-hybridized carbons (Fsp3) is 0.923. The van der Waals surface area contributed by atoms with Crippen molar-refractivity contribution in [1.82, 2.24) is 10.2 Å². The predicted molar refractivity (Wildman–Crippen MR) is 67.3 cm³/mol. The molecule has 0 aromatic heterocycles. The molecule has 16 heavy (non-hydrogen) atoms. The second-order valence-electron chi connectivity index (χ2n) is 5.10. The summed E-state index contributed by atoms with van der Waals surface area (Å²) in [5.41, 5.74) is 0. The van der Waals surface area contributed by atoms with Gasteiger partial charge in [-0.3, -0.25) is 4.79 Å². The van der Waals surface area contributed by atoms with Crippen LogP contribution in [-0.4, -0.2) is 37.5 Å². The van der Waals surface area contributed by atoms with E-state index in [-0.39, 0.29) is 5.92 Å². The summed E-state index contributed by atoms with van der Waals surface area (Å²) in [6.45, 7) is 7.34. The van der Waals surface area contributed by atoms with Crippen molar-refractivity contribution in [2.24, 2.45) is 11.8 Å². The van der Waals surface area contributed by atoms with Gasteiger partial charge in [0.15, 0.2) is 0 Å². The number of hydrogen-bond acceptors (Lipinski definition) is 2. The van der Waals surface area contributed by atoms with Gasteiger partial charge in [-0.2, -0.15) is 0 Å². The Morgan fingerprint density at radius 1 is 1.44 bits per heavy atom. The summed E-state index contributed by atoms with van der Waals surface area (Å²) in [5, 5.41) is 3.36. The number of hydrogen-bond donors (Lipinski definition) is 1. The molecule has 94 valence electrons. The number of carbonyl (C=O) groups excluding carboxylic acids is 1. The zero-order valence-corrected chi connectivity index (χ0v) is 11.0. The van der Waals surface area contributed by atoms with E-state index in [0.29, 0.717) is 11.8 Å². The zero-order valence-electron chi connectivity index (χ0n) is 11.0. The van der Waals surface area contributed by atoms with E-state index in [2.05, 4.69) is 12.2 Å². The zero-order chi connectivity index (χ0) is 12.0. The van der Waals surface area contributed by atoms with Crippen molar-refractivity contribution in [3.8, 4) is 0 Å². The van der Waals surface area contributed by atoms with E-state index in [1.54, 1.807) is 0 Å². The molecule has 1 amide bonds.